The van der Waals surface area contributed by atoms with Crippen LogP contribution in [0.25, 0.3) is 26.4 Å². The molecule has 1 saturated heterocycles. The van der Waals surface area contributed by atoms with Gasteiger partial charge in [-0.15, -0.1) is 15.6 Å². The van der Waals surface area contributed by atoms with E-state index in [1.54, 1.807) is 25.2 Å². The molecule has 2 aliphatic heterocycles. The molecule has 4 atom stereocenters. The summed E-state index contributed by atoms with van der Waals surface area (Å²) in [6.07, 6.45) is 6.02. The highest BCUT2D eigenvalue weighted by Crippen LogP contribution is 2.46. The van der Waals surface area contributed by atoms with E-state index in [1.807, 2.05) is 17.5 Å². The van der Waals surface area contributed by atoms with Gasteiger partial charge in [0.1, 0.15) is 38.8 Å². The van der Waals surface area contributed by atoms with Crippen molar-refractivity contribution in [2.75, 3.05) is 33.9 Å². The van der Waals surface area contributed by atoms with Gasteiger partial charge in [-0.05, 0) is 50.2 Å². The maximum atomic E-state index is 14.1. The Kier molecular flexibility index (Phi) is 12.2. The van der Waals surface area contributed by atoms with Crippen LogP contribution >= 0.6 is 22.9 Å². The number of halogens is 1. The summed E-state index contributed by atoms with van der Waals surface area (Å²) in [4.78, 5) is 55.8. The van der Waals surface area contributed by atoms with Crippen LogP contribution in [0.15, 0.2) is 35.7 Å². The van der Waals surface area contributed by atoms with E-state index < -0.39 is 51.7 Å². The number of methoxy groups -OCH3 is 1. The van der Waals surface area contributed by atoms with Crippen molar-refractivity contribution in [1.29, 1.82) is 0 Å². The van der Waals surface area contributed by atoms with Crippen LogP contribution in [0.4, 0.5) is 4.79 Å². The average Bonchev–Trinajstić information content (AvgIpc) is 3.48. The van der Waals surface area contributed by atoms with Crippen LogP contribution < -0.4 is 24.8 Å². The minimum absolute atomic E-state index is 0.0137. The molecule has 18 heteroatoms. The van der Waals surface area contributed by atoms with Gasteiger partial charge in [-0.2, -0.15) is 8.42 Å². The topological polar surface area (TPSA) is 177 Å². The lowest BCUT2D eigenvalue weighted by Gasteiger charge is -2.26. The number of rotatable bonds is 10. The second kappa shape index (κ2) is 16.7. The fourth-order valence-corrected chi connectivity index (χ4v) is 9.34. The standard InChI is InChI=1S/C37H45ClN8O7S2/c1-22(2)27-21-54-34(41-27)26-19-29(24-13-14-28(52-5)31(38)32(24)40-26)53-18-15-25-33(47)43-37(35(48)44-55(50,51)46-17-10-12-30(46)39-3)20-23(37)11-8-6-7-9-16-45(4)36(49)42-25/h8,11,13-14,19,21-23,25,30H,6-7,9-10,12,15-18,20H2,1-2,4-5H3,(H,42,49)(H,43,47)(H,44,48)/b11-8-/t23-,25+,30+,37-/m1/s1. The van der Waals surface area contributed by atoms with Gasteiger partial charge in [0.05, 0.1) is 24.9 Å². The van der Waals surface area contributed by atoms with Gasteiger partial charge in [-0.1, -0.05) is 37.6 Å². The van der Waals surface area contributed by atoms with Gasteiger partial charge >= 0.3 is 16.2 Å². The fourth-order valence-electron chi connectivity index (χ4n) is 6.74. The number of hydrogen-bond donors (Lipinski definition) is 3. The van der Waals surface area contributed by atoms with E-state index in [-0.39, 0.29) is 31.9 Å². The van der Waals surface area contributed by atoms with E-state index >= 15 is 0 Å². The highest BCUT2D eigenvalue weighted by Gasteiger charge is 2.61. The third-order valence-corrected chi connectivity index (χ3v) is 12.9. The third kappa shape index (κ3) is 8.67. The number of nitrogens with zero attached hydrogens (tertiary/aromatic N) is 5. The number of allylic oxidation sites excluding steroid dienone is 1. The molecule has 0 unspecified atom stereocenters. The maximum absolute atomic E-state index is 14.1. The van der Waals surface area contributed by atoms with Gasteiger partial charge in [0, 0.05) is 55.7 Å². The molecule has 294 valence electrons. The quantitative estimate of drug-likeness (QED) is 0.183. The minimum atomic E-state index is -4.36. The molecule has 4 amide bonds. The molecule has 6 rings (SSSR count). The Morgan fingerprint density at radius 3 is 2.73 bits per heavy atom. The largest absolute Gasteiger partial charge is 0.495 e. The van der Waals surface area contributed by atoms with Crippen molar-refractivity contribution in [3.8, 4) is 22.2 Å². The number of amides is 4. The predicted molar refractivity (Wildman–Crippen MR) is 209 cm³/mol. The summed E-state index contributed by atoms with van der Waals surface area (Å²) in [6.45, 7) is 12.0. The zero-order valence-electron chi connectivity index (χ0n) is 31.1. The summed E-state index contributed by atoms with van der Waals surface area (Å²) in [5.41, 5.74) is 0.311. The first-order valence-electron chi connectivity index (χ1n) is 18.2. The first-order valence-corrected chi connectivity index (χ1v) is 20.9. The lowest BCUT2D eigenvalue weighted by atomic mass is 10.1. The highest BCUT2D eigenvalue weighted by atomic mass is 35.5. The van der Waals surface area contributed by atoms with Crippen molar-refractivity contribution in [2.45, 2.75) is 82.5 Å². The number of carbonyl (C=O) groups excluding carboxylic acids is 3. The first-order chi connectivity index (χ1) is 26.3. The molecule has 2 aromatic heterocycles. The highest BCUT2D eigenvalue weighted by molar-refractivity contribution is 7.87. The van der Waals surface area contributed by atoms with Crippen LogP contribution in [0.2, 0.25) is 5.02 Å². The van der Waals surface area contributed by atoms with Gasteiger partial charge < -0.3 is 25.0 Å². The lowest BCUT2D eigenvalue weighted by Crippen LogP contribution is -2.59. The number of pyridine rings is 1. The minimum Gasteiger partial charge on any atom is -0.495 e. The van der Waals surface area contributed by atoms with E-state index in [0.717, 1.165) is 16.4 Å². The van der Waals surface area contributed by atoms with Crippen molar-refractivity contribution in [1.82, 2.24) is 34.5 Å². The monoisotopic (exact) mass is 812 g/mol. The van der Waals surface area contributed by atoms with Gasteiger partial charge in [-0.25, -0.2) is 26.1 Å². The van der Waals surface area contributed by atoms with Crippen molar-refractivity contribution in [3.05, 3.63) is 57.9 Å². The molecule has 3 aromatic rings. The number of nitrogens with one attached hydrogen (secondary N) is 3. The van der Waals surface area contributed by atoms with Crippen LogP contribution in [-0.4, -0.2) is 97.0 Å². The maximum Gasteiger partial charge on any atom is 0.317 e. The predicted octanol–water partition coefficient (Wildman–Crippen LogP) is 5.24. The van der Waals surface area contributed by atoms with Crippen molar-refractivity contribution in [2.24, 2.45) is 5.92 Å². The Balaban J connectivity index is 1.27. The number of fused-ring (bicyclic) bond motifs is 2. The van der Waals surface area contributed by atoms with E-state index in [0.29, 0.717) is 70.4 Å². The van der Waals surface area contributed by atoms with Crippen LogP contribution in [0.3, 0.4) is 0 Å². The van der Waals surface area contributed by atoms with E-state index in [2.05, 4.69) is 34.0 Å². The normalized spacial score (nSPS) is 24.3. The molecule has 3 N–H and O–H groups in total. The van der Waals surface area contributed by atoms with Crippen molar-refractivity contribution in [3.63, 3.8) is 0 Å². The Morgan fingerprint density at radius 1 is 1.20 bits per heavy atom. The Hall–Kier alpha value is -4.50. The number of ether oxygens (including phenoxy) is 2. The van der Waals surface area contributed by atoms with Crippen molar-refractivity contribution < 1.29 is 32.3 Å². The Morgan fingerprint density at radius 2 is 2.00 bits per heavy atom. The van der Waals surface area contributed by atoms with E-state index in [4.69, 9.17) is 37.6 Å². The fraction of sp³-hybridized carbons (Fsp3) is 0.514. The summed E-state index contributed by atoms with van der Waals surface area (Å²) in [5.74, 6) is -0.996. The molecular formula is C37H45ClN8O7S2. The molecule has 0 bridgehead atoms. The summed E-state index contributed by atoms with van der Waals surface area (Å²) in [6, 6.07) is 3.59. The number of carbonyl (C=O) groups is 3. The average molecular weight is 813 g/mol. The second-order valence-electron chi connectivity index (χ2n) is 14.3. The molecule has 0 radical (unpaired) electrons. The molecular weight excluding hydrogens is 768 g/mol. The van der Waals surface area contributed by atoms with E-state index in [9.17, 15) is 22.8 Å². The Bertz CT molecular complexity index is 2140. The van der Waals surface area contributed by atoms with Gasteiger partial charge in [0.25, 0.3) is 12.1 Å². The number of thiazole rings is 1. The Labute approximate surface area is 329 Å². The number of benzene rings is 1. The number of hydrogen-bond acceptors (Lipinski definition) is 10. The third-order valence-electron chi connectivity index (χ3n) is 10.1. The van der Waals surface area contributed by atoms with Crippen LogP contribution in [0.5, 0.6) is 11.5 Å². The van der Waals surface area contributed by atoms with Gasteiger partial charge in [0.2, 0.25) is 5.91 Å². The SMILES string of the molecule is [C-]#[N+][C@@H]1CCCN1S(=O)(=O)NC(=O)[C@@]12C[C@H]1/C=C\CCCCN(C)C(=O)N[C@@H](CCOc1cc(-c3nc(C(C)C)cs3)nc3c(Cl)c(OC)ccc13)C(=O)N2. The second-order valence-corrected chi connectivity index (χ2v) is 17.1. The molecule has 3 aliphatic rings. The molecule has 1 saturated carbocycles. The van der Waals surface area contributed by atoms with Crippen LogP contribution in [-0.2, 0) is 19.8 Å². The summed E-state index contributed by atoms with van der Waals surface area (Å²) in [7, 11) is -1.21. The molecule has 4 heterocycles. The zero-order chi connectivity index (χ0) is 39.5. The molecule has 2 fully saturated rings. The molecule has 1 aromatic carbocycles. The molecule has 0 spiro atoms. The van der Waals surface area contributed by atoms with Gasteiger partial charge in [0.15, 0.2) is 0 Å². The first kappa shape index (κ1) is 40.2. The van der Waals surface area contributed by atoms with E-state index in [1.165, 1.54) is 23.3 Å². The smallest absolute Gasteiger partial charge is 0.317 e. The van der Waals surface area contributed by atoms with Crippen molar-refractivity contribution >= 4 is 61.9 Å². The van der Waals surface area contributed by atoms with Crippen LogP contribution in [0.1, 0.15) is 70.4 Å². The molecule has 55 heavy (non-hydrogen) atoms. The van der Waals surface area contributed by atoms with Crippen LogP contribution in [0, 0.1) is 12.5 Å². The lowest BCUT2D eigenvalue weighted by molar-refractivity contribution is -0.130. The molecule has 15 nitrogen and oxygen atoms in total. The summed E-state index contributed by atoms with van der Waals surface area (Å²) < 4.78 is 41.5. The summed E-state index contributed by atoms with van der Waals surface area (Å²) >= 11 is 8.18. The zero-order valence-corrected chi connectivity index (χ0v) is 33.5. The number of aromatic nitrogens is 2. The molecule has 1 aliphatic carbocycles. The number of urea groups is 1. The summed E-state index contributed by atoms with van der Waals surface area (Å²) in [5, 5.41) is 9.13. The van der Waals surface area contributed by atoms with Gasteiger partial charge in [-0.3, -0.25) is 14.4 Å².